The van der Waals surface area contributed by atoms with Gasteiger partial charge < -0.3 is 9.47 Å². The normalized spacial score (nSPS) is 45.9. The fourth-order valence-electron chi connectivity index (χ4n) is 4.74. The smallest absolute Gasteiger partial charge is 0.320 e. The van der Waals surface area contributed by atoms with Gasteiger partial charge in [-0.05, 0) is 43.9 Å². The van der Waals surface area contributed by atoms with E-state index in [0.29, 0.717) is 0 Å². The molecule has 4 nitrogen and oxygen atoms in total. The van der Waals surface area contributed by atoms with Gasteiger partial charge in [-0.15, -0.1) is 0 Å². The summed E-state index contributed by atoms with van der Waals surface area (Å²) in [4.78, 5) is 23.1. The zero-order chi connectivity index (χ0) is 11.6. The van der Waals surface area contributed by atoms with Gasteiger partial charge >= 0.3 is 11.9 Å². The van der Waals surface area contributed by atoms with Crippen LogP contribution in [0.2, 0.25) is 0 Å². The van der Waals surface area contributed by atoms with Crippen LogP contribution in [0.5, 0.6) is 0 Å². The average molecular weight is 236 g/mol. The molecule has 1 saturated heterocycles. The van der Waals surface area contributed by atoms with Crippen molar-refractivity contribution in [2.75, 3.05) is 0 Å². The van der Waals surface area contributed by atoms with Gasteiger partial charge in [-0.25, -0.2) is 0 Å². The van der Waals surface area contributed by atoms with Crippen molar-refractivity contribution in [2.45, 2.75) is 44.3 Å². The molecule has 5 fully saturated rings. The molecule has 0 N–H and O–H groups in total. The van der Waals surface area contributed by atoms with Crippen LogP contribution in [0.15, 0.2) is 0 Å². The highest BCUT2D eigenvalue weighted by Crippen LogP contribution is 2.60. The van der Waals surface area contributed by atoms with Crippen LogP contribution in [-0.2, 0) is 19.1 Å². The fraction of sp³-hybridized carbons (Fsp3) is 0.846. The Morgan fingerprint density at radius 3 is 1.76 bits per heavy atom. The summed E-state index contributed by atoms with van der Waals surface area (Å²) in [5.41, 5.74) is 0. The molecule has 0 amide bonds. The fourth-order valence-corrected chi connectivity index (χ4v) is 4.74. The first-order valence-corrected chi connectivity index (χ1v) is 6.59. The van der Waals surface area contributed by atoms with Gasteiger partial charge in [-0.2, -0.15) is 0 Å². The van der Waals surface area contributed by atoms with Crippen LogP contribution in [0, 0.1) is 23.7 Å². The van der Waals surface area contributed by atoms with Crippen LogP contribution >= 0.6 is 0 Å². The lowest BCUT2D eigenvalue weighted by molar-refractivity contribution is -0.319. The molecule has 0 atom stereocenters. The largest absolute Gasteiger partial charge is 0.421 e. The molecule has 0 radical (unpaired) electrons. The third kappa shape index (κ3) is 1.24. The summed E-state index contributed by atoms with van der Waals surface area (Å²) in [5, 5.41) is 0. The van der Waals surface area contributed by atoms with Crippen molar-refractivity contribution in [2.24, 2.45) is 23.7 Å². The maximum atomic E-state index is 11.5. The van der Waals surface area contributed by atoms with Gasteiger partial charge in [0.2, 0.25) is 0 Å². The Bertz CT molecular complexity index is 354. The quantitative estimate of drug-likeness (QED) is 0.474. The molecular weight excluding hydrogens is 220 g/mol. The van der Waals surface area contributed by atoms with E-state index in [-0.39, 0.29) is 18.3 Å². The molecule has 17 heavy (non-hydrogen) atoms. The van der Waals surface area contributed by atoms with Crippen molar-refractivity contribution < 1.29 is 19.1 Å². The molecular formula is C13H16O4. The second-order valence-corrected chi connectivity index (χ2v) is 6.15. The zero-order valence-electron chi connectivity index (χ0n) is 9.69. The SMILES string of the molecule is O=C1CC(=O)OC2(O1)C1CC3CC(C1)CC2C3. The molecule has 92 valence electrons. The molecule has 1 spiro atoms. The summed E-state index contributed by atoms with van der Waals surface area (Å²) in [6.07, 6.45) is 5.36. The first-order chi connectivity index (χ1) is 8.15. The lowest BCUT2D eigenvalue weighted by Crippen LogP contribution is -2.63. The molecule has 4 bridgehead atoms. The number of rotatable bonds is 0. The minimum absolute atomic E-state index is 0.214. The van der Waals surface area contributed by atoms with E-state index in [9.17, 15) is 9.59 Å². The number of hydrogen-bond donors (Lipinski definition) is 0. The molecule has 0 aromatic heterocycles. The van der Waals surface area contributed by atoms with Gasteiger partial charge in [-0.1, -0.05) is 0 Å². The van der Waals surface area contributed by atoms with Crippen molar-refractivity contribution in [3.63, 3.8) is 0 Å². The monoisotopic (exact) mass is 236 g/mol. The van der Waals surface area contributed by atoms with E-state index in [1.54, 1.807) is 0 Å². The second kappa shape index (κ2) is 3.03. The lowest BCUT2D eigenvalue weighted by atomic mass is 9.53. The second-order valence-electron chi connectivity index (χ2n) is 6.15. The first-order valence-electron chi connectivity index (χ1n) is 6.59. The van der Waals surface area contributed by atoms with Crippen molar-refractivity contribution in [1.29, 1.82) is 0 Å². The average Bonchev–Trinajstić information content (AvgIpc) is 2.24. The van der Waals surface area contributed by atoms with Crippen LogP contribution in [0.1, 0.15) is 38.5 Å². The van der Waals surface area contributed by atoms with Crippen LogP contribution < -0.4 is 0 Å². The number of hydrogen-bond acceptors (Lipinski definition) is 4. The summed E-state index contributed by atoms with van der Waals surface area (Å²) in [5.74, 6) is 0.381. The highest BCUT2D eigenvalue weighted by Gasteiger charge is 2.63. The Morgan fingerprint density at radius 2 is 1.29 bits per heavy atom. The highest BCUT2D eigenvalue weighted by molar-refractivity contribution is 5.93. The van der Waals surface area contributed by atoms with Crippen molar-refractivity contribution in [3.05, 3.63) is 0 Å². The molecule has 0 aromatic carbocycles. The standard InChI is InChI=1S/C13H16O4/c14-11-6-12(15)17-13(16-11)9-2-7-1-8(4-9)5-10(13)3-7/h7-10H,1-6H2. The van der Waals surface area contributed by atoms with E-state index in [1.165, 1.54) is 6.42 Å². The van der Waals surface area contributed by atoms with Gasteiger partial charge in [0.15, 0.2) is 0 Å². The van der Waals surface area contributed by atoms with E-state index in [0.717, 1.165) is 37.5 Å². The number of esters is 2. The Kier molecular flexibility index (Phi) is 1.77. The summed E-state index contributed by atoms with van der Waals surface area (Å²) in [6.45, 7) is 0. The number of carbonyl (C=O) groups is 2. The van der Waals surface area contributed by atoms with E-state index < -0.39 is 17.7 Å². The van der Waals surface area contributed by atoms with Crippen LogP contribution in [0.4, 0.5) is 0 Å². The third-order valence-electron chi connectivity index (χ3n) is 5.11. The number of carbonyl (C=O) groups excluding carboxylic acids is 2. The molecule has 5 aliphatic rings. The summed E-state index contributed by atoms with van der Waals surface area (Å²) in [7, 11) is 0. The predicted molar refractivity (Wildman–Crippen MR) is 56.6 cm³/mol. The van der Waals surface area contributed by atoms with E-state index in [2.05, 4.69) is 0 Å². The predicted octanol–water partition coefficient (Wildman–Crippen LogP) is 1.63. The topological polar surface area (TPSA) is 52.6 Å². The Labute approximate surface area is 99.6 Å². The maximum Gasteiger partial charge on any atom is 0.320 e. The van der Waals surface area contributed by atoms with E-state index in [4.69, 9.17) is 9.47 Å². The minimum Gasteiger partial charge on any atom is -0.421 e. The molecule has 1 heterocycles. The molecule has 0 aromatic rings. The van der Waals surface area contributed by atoms with Gasteiger partial charge in [0.1, 0.15) is 6.42 Å². The van der Waals surface area contributed by atoms with Crippen LogP contribution in [0.25, 0.3) is 0 Å². The molecule has 4 aliphatic carbocycles. The van der Waals surface area contributed by atoms with E-state index in [1.807, 2.05) is 0 Å². The Hall–Kier alpha value is -1.06. The van der Waals surface area contributed by atoms with Crippen LogP contribution in [0.3, 0.4) is 0 Å². The first kappa shape index (κ1) is 9.92. The van der Waals surface area contributed by atoms with Crippen molar-refractivity contribution >= 4 is 11.9 Å². The van der Waals surface area contributed by atoms with Crippen molar-refractivity contribution in [1.82, 2.24) is 0 Å². The lowest BCUT2D eigenvalue weighted by Gasteiger charge is -2.59. The Morgan fingerprint density at radius 1 is 0.824 bits per heavy atom. The zero-order valence-corrected chi connectivity index (χ0v) is 9.69. The number of ether oxygens (including phenoxy) is 2. The molecule has 1 aliphatic heterocycles. The summed E-state index contributed by atoms with van der Waals surface area (Å²) < 4.78 is 11.1. The van der Waals surface area contributed by atoms with Gasteiger partial charge in [-0.3, -0.25) is 9.59 Å². The molecule has 4 saturated carbocycles. The van der Waals surface area contributed by atoms with Crippen LogP contribution in [-0.4, -0.2) is 17.7 Å². The van der Waals surface area contributed by atoms with E-state index >= 15 is 0 Å². The summed E-state index contributed by atoms with van der Waals surface area (Å²) >= 11 is 0. The minimum atomic E-state index is -0.875. The van der Waals surface area contributed by atoms with Gasteiger partial charge in [0, 0.05) is 11.8 Å². The molecule has 0 unspecified atom stereocenters. The molecule has 4 heteroatoms. The maximum absolute atomic E-state index is 11.5. The van der Waals surface area contributed by atoms with Gasteiger partial charge in [0.25, 0.3) is 5.79 Å². The van der Waals surface area contributed by atoms with Gasteiger partial charge in [0.05, 0.1) is 0 Å². The summed E-state index contributed by atoms with van der Waals surface area (Å²) in [6, 6.07) is 0. The molecule has 5 rings (SSSR count). The third-order valence-corrected chi connectivity index (χ3v) is 5.11. The highest BCUT2D eigenvalue weighted by atomic mass is 16.7. The van der Waals surface area contributed by atoms with Crippen molar-refractivity contribution in [3.8, 4) is 0 Å². The Balaban J connectivity index is 1.72.